The van der Waals surface area contributed by atoms with Gasteiger partial charge in [0.05, 0.1) is 6.54 Å². The van der Waals surface area contributed by atoms with Gasteiger partial charge in [0.25, 0.3) is 0 Å². The second kappa shape index (κ2) is 5.73. The Hall–Kier alpha value is -1.06. The molecule has 4 nitrogen and oxygen atoms in total. The largest absolute Gasteiger partial charge is 0.352 e. The van der Waals surface area contributed by atoms with Crippen LogP contribution in [0.15, 0.2) is 0 Å². The van der Waals surface area contributed by atoms with Gasteiger partial charge in [0, 0.05) is 19.0 Å². The van der Waals surface area contributed by atoms with Gasteiger partial charge < -0.3 is 10.2 Å². The van der Waals surface area contributed by atoms with Crippen molar-refractivity contribution in [3.8, 4) is 0 Å². The van der Waals surface area contributed by atoms with Crippen molar-refractivity contribution >= 4 is 11.8 Å². The average molecular weight is 212 g/mol. The zero-order valence-corrected chi connectivity index (χ0v) is 9.58. The Bertz CT molecular complexity index is 239. The fourth-order valence-corrected chi connectivity index (χ4v) is 1.75. The van der Waals surface area contributed by atoms with Gasteiger partial charge in [-0.25, -0.2) is 0 Å². The van der Waals surface area contributed by atoms with Crippen molar-refractivity contribution in [2.24, 2.45) is 0 Å². The van der Waals surface area contributed by atoms with Crippen LogP contribution in [0.3, 0.4) is 0 Å². The number of hydrogen-bond acceptors (Lipinski definition) is 2. The van der Waals surface area contributed by atoms with Gasteiger partial charge in [-0.3, -0.25) is 9.59 Å². The molecule has 0 bridgehead atoms. The van der Waals surface area contributed by atoms with Crippen molar-refractivity contribution < 1.29 is 9.59 Å². The number of nitrogens with one attached hydrogen (secondary N) is 1. The predicted molar refractivity (Wildman–Crippen MR) is 58.3 cm³/mol. The molecular formula is C11H20N2O2. The van der Waals surface area contributed by atoms with E-state index in [1.54, 1.807) is 4.90 Å². The Labute approximate surface area is 91.0 Å². The number of nitrogens with zero attached hydrogens (tertiary/aromatic N) is 1. The smallest absolute Gasteiger partial charge is 0.239 e. The first-order valence-corrected chi connectivity index (χ1v) is 5.66. The highest BCUT2D eigenvalue weighted by molar-refractivity contribution is 5.85. The van der Waals surface area contributed by atoms with Gasteiger partial charge in [-0.15, -0.1) is 0 Å². The van der Waals surface area contributed by atoms with Crippen LogP contribution in [-0.4, -0.2) is 35.8 Å². The summed E-state index contributed by atoms with van der Waals surface area (Å²) in [5.74, 6) is 0.0617. The molecule has 1 heterocycles. The maximum Gasteiger partial charge on any atom is 0.239 e. The van der Waals surface area contributed by atoms with Crippen LogP contribution in [0.4, 0.5) is 0 Å². The molecule has 15 heavy (non-hydrogen) atoms. The molecule has 0 atom stereocenters. The molecule has 2 amide bonds. The van der Waals surface area contributed by atoms with Crippen molar-refractivity contribution in [3.05, 3.63) is 0 Å². The zero-order valence-electron chi connectivity index (χ0n) is 9.58. The molecule has 0 aliphatic carbocycles. The zero-order chi connectivity index (χ0) is 11.3. The van der Waals surface area contributed by atoms with Gasteiger partial charge in [0.15, 0.2) is 0 Å². The van der Waals surface area contributed by atoms with Crippen LogP contribution < -0.4 is 5.32 Å². The monoisotopic (exact) mass is 212 g/mol. The van der Waals surface area contributed by atoms with E-state index in [0.717, 1.165) is 25.8 Å². The van der Waals surface area contributed by atoms with E-state index in [0.29, 0.717) is 6.42 Å². The van der Waals surface area contributed by atoms with Gasteiger partial charge in [-0.05, 0) is 26.7 Å². The van der Waals surface area contributed by atoms with Crippen LogP contribution in [0.5, 0.6) is 0 Å². The quantitative estimate of drug-likeness (QED) is 0.756. The highest BCUT2D eigenvalue weighted by Crippen LogP contribution is 2.10. The number of carbonyl (C=O) groups excluding carboxylic acids is 2. The molecule has 86 valence electrons. The van der Waals surface area contributed by atoms with Crippen molar-refractivity contribution in [1.82, 2.24) is 10.2 Å². The van der Waals surface area contributed by atoms with E-state index in [4.69, 9.17) is 0 Å². The van der Waals surface area contributed by atoms with Crippen LogP contribution in [0.2, 0.25) is 0 Å². The van der Waals surface area contributed by atoms with Crippen molar-refractivity contribution in [3.63, 3.8) is 0 Å². The van der Waals surface area contributed by atoms with E-state index in [-0.39, 0.29) is 24.4 Å². The summed E-state index contributed by atoms with van der Waals surface area (Å²) in [5, 5.41) is 2.80. The fraction of sp³-hybridized carbons (Fsp3) is 0.818. The van der Waals surface area contributed by atoms with Gasteiger partial charge >= 0.3 is 0 Å². The molecule has 1 aliphatic heterocycles. The van der Waals surface area contributed by atoms with Gasteiger partial charge in [0.1, 0.15) is 0 Å². The standard InChI is InChI=1S/C11H20N2O2/c1-9(2)12-10(14)8-13-7-5-3-4-6-11(13)15/h9H,3-8H2,1-2H3,(H,12,14). The number of likely N-dealkylation sites (tertiary alicyclic amines) is 1. The molecular weight excluding hydrogens is 192 g/mol. The lowest BCUT2D eigenvalue weighted by Crippen LogP contribution is -2.42. The number of hydrogen-bond donors (Lipinski definition) is 1. The van der Waals surface area contributed by atoms with Gasteiger partial charge in [0.2, 0.25) is 11.8 Å². The normalized spacial score (nSPS) is 17.8. The Morgan fingerprint density at radius 3 is 2.80 bits per heavy atom. The second-order valence-corrected chi connectivity index (χ2v) is 4.35. The molecule has 1 aliphatic rings. The first-order valence-electron chi connectivity index (χ1n) is 5.66. The minimum absolute atomic E-state index is 0.0553. The van der Waals surface area contributed by atoms with Crippen molar-refractivity contribution in [2.75, 3.05) is 13.1 Å². The van der Waals surface area contributed by atoms with Crippen LogP contribution >= 0.6 is 0 Å². The molecule has 1 fully saturated rings. The summed E-state index contributed by atoms with van der Waals surface area (Å²) in [6.07, 6.45) is 3.66. The number of amides is 2. The first-order chi connectivity index (χ1) is 7.09. The van der Waals surface area contributed by atoms with Crippen LogP contribution in [0.25, 0.3) is 0 Å². The summed E-state index contributed by atoms with van der Waals surface area (Å²) in [6.45, 7) is 4.78. The summed E-state index contributed by atoms with van der Waals surface area (Å²) in [4.78, 5) is 24.7. The summed E-state index contributed by atoms with van der Waals surface area (Å²) >= 11 is 0. The lowest BCUT2D eigenvalue weighted by atomic mass is 10.2. The summed E-state index contributed by atoms with van der Waals surface area (Å²) in [6, 6.07) is 0.139. The van der Waals surface area contributed by atoms with E-state index < -0.39 is 0 Å². The molecule has 1 rings (SSSR count). The summed E-state index contributed by atoms with van der Waals surface area (Å²) < 4.78 is 0. The Morgan fingerprint density at radius 2 is 2.13 bits per heavy atom. The first kappa shape index (κ1) is 12.0. The SMILES string of the molecule is CC(C)NC(=O)CN1CCCCCC1=O. The summed E-state index contributed by atoms with van der Waals surface area (Å²) in [7, 11) is 0. The molecule has 0 aromatic rings. The van der Waals surface area contributed by atoms with E-state index >= 15 is 0 Å². The van der Waals surface area contributed by atoms with E-state index in [1.165, 1.54) is 0 Å². The van der Waals surface area contributed by atoms with Crippen LogP contribution in [-0.2, 0) is 9.59 Å². The van der Waals surface area contributed by atoms with Gasteiger partial charge in [-0.1, -0.05) is 6.42 Å². The fourth-order valence-electron chi connectivity index (χ4n) is 1.75. The van der Waals surface area contributed by atoms with Crippen LogP contribution in [0.1, 0.15) is 39.5 Å². The number of carbonyl (C=O) groups is 2. The third kappa shape index (κ3) is 4.32. The Morgan fingerprint density at radius 1 is 1.40 bits per heavy atom. The topological polar surface area (TPSA) is 49.4 Å². The highest BCUT2D eigenvalue weighted by atomic mass is 16.2. The summed E-state index contributed by atoms with van der Waals surface area (Å²) in [5.41, 5.74) is 0. The molecule has 0 saturated carbocycles. The van der Waals surface area contributed by atoms with Crippen molar-refractivity contribution in [1.29, 1.82) is 0 Å². The second-order valence-electron chi connectivity index (χ2n) is 4.35. The Balaban J connectivity index is 2.41. The third-order valence-corrected chi connectivity index (χ3v) is 2.46. The molecule has 1 saturated heterocycles. The minimum Gasteiger partial charge on any atom is -0.352 e. The van der Waals surface area contributed by atoms with Crippen LogP contribution in [0, 0.1) is 0 Å². The predicted octanol–water partition coefficient (Wildman–Crippen LogP) is 0.914. The maximum atomic E-state index is 11.6. The lowest BCUT2D eigenvalue weighted by Gasteiger charge is -2.20. The van der Waals surface area contributed by atoms with E-state index in [1.807, 2.05) is 13.8 Å². The molecule has 0 unspecified atom stereocenters. The van der Waals surface area contributed by atoms with E-state index in [2.05, 4.69) is 5.32 Å². The van der Waals surface area contributed by atoms with Crippen molar-refractivity contribution in [2.45, 2.75) is 45.6 Å². The molecule has 0 radical (unpaired) electrons. The average Bonchev–Trinajstić information content (AvgIpc) is 2.30. The number of rotatable bonds is 3. The Kier molecular flexibility index (Phi) is 4.59. The van der Waals surface area contributed by atoms with E-state index in [9.17, 15) is 9.59 Å². The minimum atomic E-state index is -0.0553. The molecule has 0 spiro atoms. The van der Waals surface area contributed by atoms with Gasteiger partial charge in [-0.2, -0.15) is 0 Å². The molecule has 0 aromatic heterocycles. The molecule has 1 N–H and O–H groups in total. The highest BCUT2D eigenvalue weighted by Gasteiger charge is 2.19. The molecule has 0 aromatic carbocycles. The lowest BCUT2D eigenvalue weighted by molar-refractivity contribution is -0.135. The maximum absolute atomic E-state index is 11.6. The molecule has 4 heteroatoms. The third-order valence-electron chi connectivity index (χ3n) is 2.46.